The fraction of sp³-hybridized carbons (Fsp3) is 0.269. The summed E-state index contributed by atoms with van der Waals surface area (Å²) in [4.78, 5) is 22.1. The van der Waals surface area contributed by atoms with Crippen molar-refractivity contribution in [3.8, 4) is 17.2 Å². The van der Waals surface area contributed by atoms with Crippen LogP contribution < -0.4 is 5.32 Å². The Morgan fingerprint density at radius 3 is 2.89 bits per heavy atom. The van der Waals surface area contributed by atoms with Crippen molar-refractivity contribution in [3.63, 3.8) is 0 Å². The van der Waals surface area contributed by atoms with E-state index in [9.17, 15) is 9.18 Å². The molecule has 1 amide bonds. The molecule has 1 fully saturated rings. The maximum atomic E-state index is 14.8. The summed E-state index contributed by atoms with van der Waals surface area (Å²) in [6.45, 7) is 5.72. The molecule has 176 valence electrons. The Hall–Kier alpha value is -4.14. The second-order valence-electron chi connectivity index (χ2n) is 9.11. The molecule has 1 unspecified atom stereocenters. The largest absolute Gasteiger partial charge is 0.306 e. The summed E-state index contributed by atoms with van der Waals surface area (Å²) in [5.41, 5.74) is 2.98. The number of allylic oxidation sites excluding steroid dienone is 1. The van der Waals surface area contributed by atoms with Crippen molar-refractivity contribution >= 4 is 11.7 Å². The maximum Gasteiger partial charge on any atom is 0.259 e. The highest BCUT2D eigenvalue weighted by atomic mass is 19.1. The molecule has 2 aliphatic rings. The van der Waals surface area contributed by atoms with Gasteiger partial charge >= 0.3 is 0 Å². The Morgan fingerprint density at radius 1 is 1.23 bits per heavy atom. The lowest BCUT2D eigenvalue weighted by Gasteiger charge is -2.12. The third-order valence-electron chi connectivity index (χ3n) is 6.66. The molecule has 9 heteroatoms. The first-order valence-electron chi connectivity index (χ1n) is 11.7. The number of hydrogen-bond acceptors (Lipinski definition) is 5. The summed E-state index contributed by atoms with van der Waals surface area (Å²) in [6, 6.07) is 8.30. The predicted molar refractivity (Wildman–Crippen MR) is 129 cm³/mol. The van der Waals surface area contributed by atoms with Crippen molar-refractivity contribution < 1.29 is 9.18 Å². The van der Waals surface area contributed by atoms with Crippen LogP contribution in [0, 0.1) is 12.7 Å². The normalized spacial score (nSPS) is 16.8. The van der Waals surface area contributed by atoms with Gasteiger partial charge in [0.25, 0.3) is 5.91 Å². The van der Waals surface area contributed by atoms with E-state index in [1.165, 1.54) is 6.07 Å². The zero-order valence-corrected chi connectivity index (χ0v) is 19.3. The van der Waals surface area contributed by atoms with Crippen LogP contribution in [0.15, 0.2) is 55.5 Å². The number of rotatable bonds is 6. The van der Waals surface area contributed by atoms with Gasteiger partial charge in [0.15, 0.2) is 5.82 Å². The van der Waals surface area contributed by atoms with Gasteiger partial charge in [-0.15, -0.1) is 16.8 Å². The van der Waals surface area contributed by atoms with Gasteiger partial charge in [0.05, 0.1) is 29.3 Å². The number of halogens is 1. The van der Waals surface area contributed by atoms with Crippen molar-refractivity contribution in [2.24, 2.45) is 0 Å². The number of pyridine rings is 1. The van der Waals surface area contributed by atoms with Gasteiger partial charge in [-0.3, -0.25) is 4.79 Å². The molecule has 0 radical (unpaired) electrons. The van der Waals surface area contributed by atoms with Crippen molar-refractivity contribution in [1.82, 2.24) is 29.3 Å². The third kappa shape index (κ3) is 3.82. The van der Waals surface area contributed by atoms with E-state index < -0.39 is 11.7 Å². The highest BCUT2D eigenvalue weighted by Crippen LogP contribution is 2.39. The predicted octanol–water partition coefficient (Wildman–Crippen LogP) is 4.78. The number of aryl methyl sites for hydroxylation is 2. The molecular weight excluding hydrogens is 445 g/mol. The van der Waals surface area contributed by atoms with Crippen LogP contribution in [-0.2, 0) is 6.42 Å². The van der Waals surface area contributed by atoms with Crippen LogP contribution in [0.3, 0.4) is 0 Å². The van der Waals surface area contributed by atoms with Gasteiger partial charge in [-0.1, -0.05) is 12.1 Å². The highest BCUT2D eigenvalue weighted by Gasteiger charge is 2.27. The maximum absolute atomic E-state index is 14.8. The molecule has 35 heavy (non-hydrogen) atoms. The SMILES string of the molecule is C=CC1CCc2nnc(-c3cccc(NC(=O)c4cc(-n5cnc(C6CC6)c5)c(C)cc4F)n3)n21. The van der Waals surface area contributed by atoms with E-state index in [2.05, 4.69) is 32.1 Å². The molecule has 1 saturated carbocycles. The summed E-state index contributed by atoms with van der Waals surface area (Å²) in [6.07, 6.45) is 9.59. The number of amides is 1. The van der Waals surface area contributed by atoms with Crippen LogP contribution in [0.1, 0.15) is 58.7 Å². The quantitative estimate of drug-likeness (QED) is 0.411. The molecule has 0 spiro atoms. The monoisotopic (exact) mass is 469 g/mol. The van der Waals surface area contributed by atoms with E-state index in [4.69, 9.17) is 0 Å². The molecule has 1 aliphatic heterocycles. The fourth-order valence-corrected chi connectivity index (χ4v) is 4.63. The lowest BCUT2D eigenvalue weighted by atomic mass is 10.1. The number of aromatic nitrogens is 6. The van der Waals surface area contributed by atoms with Crippen molar-refractivity contribution in [3.05, 3.63) is 84.0 Å². The molecular formula is C26H24FN7O. The minimum absolute atomic E-state index is 0.0606. The number of carbonyl (C=O) groups excluding carboxylic acids is 1. The number of nitrogens with one attached hydrogen (secondary N) is 1. The number of benzene rings is 1. The standard InChI is InChI=1S/C26H24FN7O/c1-3-17-9-10-24-31-32-25(34(17)24)20-5-4-6-23(29-20)30-26(35)18-12-22(15(2)11-19(18)27)33-13-21(28-14-33)16-7-8-16/h3-6,11-14,16-17H,1,7-10H2,2H3,(H,29,30,35). The molecule has 1 N–H and O–H groups in total. The third-order valence-corrected chi connectivity index (χ3v) is 6.66. The van der Waals surface area contributed by atoms with Crippen molar-refractivity contribution in [2.75, 3.05) is 5.32 Å². The summed E-state index contributed by atoms with van der Waals surface area (Å²) >= 11 is 0. The number of carbonyl (C=O) groups is 1. The summed E-state index contributed by atoms with van der Waals surface area (Å²) in [5.74, 6) is 1.15. The molecule has 8 nitrogen and oxygen atoms in total. The van der Waals surface area contributed by atoms with Gasteiger partial charge in [-0.25, -0.2) is 14.4 Å². The number of fused-ring (bicyclic) bond motifs is 1. The van der Waals surface area contributed by atoms with Crippen LogP contribution in [0.25, 0.3) is 17.2 Å². The summed E-state index contributed by atoms with van der Waals surface area (Å²) < 4.78 is 18.7. The van der Waals surface area contributed by atoms with Gasteiger partial charge in [-0.2, -0.15) is 0 Å². The van der Waals surface area contributed by atoms with Gasteiger partial charge in [0, 0.05) is 18.5 Å². The minimum atomic E-state index is -0.591. The second kappa shape index (κ2) is 8.26. The summed E-state index contributed by atoms with van der Waals surface area (Å²) in [7, 11) is 0. The number of anilines is 1. The number of imidazole rings is 1. The average Bonchev–Trinajstić information content (AvgIpc) is 3.25. The van der Waals surface area contributed by atoms with Gasteiger partial charge < -0.3 is 14.5 Å². The van der Waals surface area contributed by atoms with E-state index in [0.29, 0.717) is 28.9 Å². The zero-order chi connectivity index (χ0) is 24.1. The van der Waals surface area contributed by atoms with E-state index in [1.54, 1.807) is 24.5 Å². The Kier molecular flexibility index (Phi) is 5.05. The van der Waals surface area contributed by atoms with Crippen LogP contribution in [0.5, 0.6) is 0 Å². The van der Waals surface area contributed by atoms with E-state index in [0.717, 1.165) is 42.8 Å². The lowest BCUT2D eigenvalue weighted by molar-refractivity contribution is 0.102. The van der Waals surface area contributed by atoms with Crippen molar-refractivity contribution in [2.45, 2.75) is 44.6 Å². The van der Waals surface area contributed by atoms with Gasteiger partial charge in [-0.05, 0) is 56.0 Å². The zero-order valence-electron chi connectivity index (χ0n) is 19.3. The van der Waals surface area contributed by atoms with Crippen LogP contribution in [-0.4, -0.2) is 35.2 Å². The first kappa shape index (κ1) is 21.4. The Labute approximate surface area is 201 Å². The average molecular weight is 470 g/mol. The van der Waals surface area contributed by atoms with Crippen LogP contribution >= 0.6 is 0 Å². The van der Waals surface area contributed by atoms with E-state index in [-0.39, 0.29) is 11.6 Å². The van der Waals surface area contributed by atoms with E-state index in [1.807, 2.05) is 34.4 Å². The lowest BCUT2D eigenvalue weighted by Crippen LogP contribution is -2.16. The molecule has 4 aromatic rings. The van der Waals surface area contributed by atoms with Crippen molar-refractivity contribution in [1.29, 1.82) is 0 Å². The Morgan fingerprint density at radius 2 is 2.09 bits per heavy atom. The molecule has 0 saturated heterocycles. The molecule has 1 atom stereocenters. The van der Waals surface area contributed by atoms with Crippen LogP contribution in [0.4, 0.5) is 10.2 Å². The number of hydrogen-bond donors (Lipinski definition) is 1. The molecule has 6 rings (SSSR count). The first-order valence-corrected chi connectivity index (χ1v) is 11.7. The Bertz CT molecular complexity index is 1470. The molecule has 4 heterocycles. The smallest absolute Gasteiger partial charge is 0.259 e. The second-order valence-corrected chi connectivity index (χ2v) is 9.11. The fourth-order valence-electron chi connectivity index (χ4n) is 4.63. The molecule has 1 aromatic carbocycles. The van der Waals surface area contributed by atoms with Gasteiger partial charge in [0.1, 0.15) is 23.2 Å². The first-order chi connectivity index (χ1) is 17.0. The van der Waals surface area contributed by atoms with Crippen LogP contribution in [0.2, 0.25) is 0 Å². The molecule has 0 bridgehead atoms. The topological polar surface area (TPSA) is 90.5 Å². The Balaban J connectivity index is 1.28. The molecule has 3 aromatic heterocycles. The summed E-state index contributed by atoms with van der Waals surface area (Å²) in [5, 5.41) is 11.3. The minimum Gasteiger partial charge on any atom is -0.306 e. The molecule has 1 aliphatic carbocycles. The van der Waals surface area contributed by atoms with Gasteiger partial charge in [0.2, 0.25) is 0 Å². The van der Waals surface area contributed by atoms with E-state index >= 15 is 0 Å². The number of nitrogens with zero attached hydrogens (tertiary/aromatic N) is 6. The highest BCUT2D eigenvalue weighted by molar-refractivity contribution is 6.04.